The lowest BCUT2D eigenvalue weighted by atomic mass is 10.1. The van der Waals surface area contributed by atoms with Crippen molar-refractivity contribution in [1.82, 2.24) is 0 Å². The number of carboxylic acids is 1. The van der Waals surface area contributed by atoms with Crippen molar-refractivity contribution in [3.8, 4) is 0 Å². The average molecular weight is 342 g/mol. The SMILES string of the molecule is CCCCCCCCCCCCCCOC(=O)C(=O)CCC(=O)O. The number of carbonyl (C=O) groups excluding carboxylic acids is 2. The Morgan fingerprint density at radius 3 is 1.62 bits per heavy atom. The minimum absolute atomic E-state index is 0.245. The van der Waals surface area contributed by atoms with E-state index in [1.165, 1.54) is 57.8 Å². The topological polar surface area (TPSA) is 80.7 Å². The maximum atomic E-state index is 11.3. The molecule has 0 saturated heterocycles. The quantitative estimate of drug-likeness (QED) is 0.236. The lowest BCUT2D eigenvalue weighted by Crippen LogP contribution is -2.18. The molecule has 0 aliphatic rings. The summed E-state index contributed by atoms with van der Waals surface area (Å²) in [7, 11) is 0. The van der Waals surface area contributed by atoms with Gasteiger partial charge in [-0.1, -0.05) is 77.6 Å². The zero-order valence-corrected chi connectivity index (χ0v) is 15.2. The summed E-state index contributed by atoms with van der Waals surface area (Å²) in [5, 5.41) is 8.44. The fourth-order valence-corrected chi connectivity index (χ4v) is 2.51. The number of ether oxygens (including phenoxy) is 1. The van der Waals surface area contributed by atoms with Crippen LogP contribution in [0.2, 0.25) is 0 Å². The van der Waals surface area contributed by atoms with Gasteiger partial charge in [0.2, 0.25) is 5.78 Å². The molecule has 0 saturated carbocycles. The summed E-state index contributed by atoms with van der Waals surface area (Å²) in [4.78, 5) is 32.9. The lowest BCUT2D eigenvalue weighted by Gasteiger charge is -2.04. The Bertz CT molecular complexity index is 352. The summed E-state index contributed by atoms with van der Waals surface area (Å²) in [6, 6.07) is 0. The van der Waals surface area contributed by atoms with E-state index in [1.54, 1.807) is 0 Å². The highest BCUT2D eigenvalue weighted by molar-refractivity contribution is 6.33. The molecule has 1 N–H and O–H groups in total. The predicted octanol–water partition coefficient (Wildman–Crippen LogP) is 4.66. The Morgan fingerprint density at radius 2 is 1.17 bits per heavy atom. The third-order valence-corrected chi connectivity index (χ3v) is 4.02. The highest BCUT2D eigenvalue weighted by Crippen LogP contribution is 2.11. The van der Waals surface area contributed by atoms with Gasteiger partial charge < -0.3 is 9.84 Å². The number of aliphatic carboxylic acids is 1. The van der Waals surface area contributed by atoms with Crippen molar-refractivity contribution in [1.29, 1.82) is 0 Å². The number of hydrogen-bond acceptors (Lipinski definition) is 4. The van der Waals surface area contributed by atoms with Gasteiger partial charge in [0.15, 0.2) is 0 Å². The number of Topliss-reactive ketones (excluding diaryl/α,β-unsaturated/α-hetero) is 1. The van der Waals surface area contributed by atoms with Crippen molar-refractivity contribution in [2.24, 2.45) is 0 Å². The van der Waals surface area contributed by atoms with E-state index in [-0.39, 0.29) is 19.4 Å². The summed E-state index contributed by atoms with van der Waals surface area (Å²) in [6.45, 7) is 2.48. The van der Waals surface area contributed by atoms with Crippen molar-refractivity contribution >= 4 is 17.7 Å². The number of ketones is 1. The monoisotopic (exact) mass is 342 g/mol. The van der Waals surface area contributed by atoms with Crippen LogP contribution in [0.5, 0.6) is 0 Å². The van der Waals surface area contributed by atoms with Gasteiger partial charge in [0, 0.05) is 6.42 Å². The number of rotatable bonds is 17. The molecular weight excluding hydrogens is 308 g/mol. The third kappa shape index (κ3) is 15.5. The van der Waals surface area contributed by atoms with Crippen LogP contribution in [0, 0.1) is 0 Å². The van der Waals surface area contributed by atoms with Crippen molar-refractivity contribution in [2.75, 3.05) is 6.61 Å². The molecule has 5 heteroatoms. The molecule has 0 fully saturated rings. The molecule has 0 rings (SSSR count). The number of hydrogen-bond donors (Lipinski definition) is 1. The Hall–Kier alpha value is -1.39. The van der Waals surface area contributed by atoms with Crippen LogP contribution in [0.15, 0.2) is 0 Å². The zero-order chi connectivity index (χ0) is 18.0. The first-order chi connectivity index (χ1) is 11.6. The zero-order valence-electron chi connectivity index (χ0n) is 15.2. The average Bonchev–Trinajstić information content (AvgIpc) is 2.56. The summed E-state index contributed by atoms with van der Waals surface area (Å²) < 4.78 is 4.85. The molecule has 5 nitrogen and oxygen atoms in total. The Labute approximate surface area is 146 Å². The summed E-state index contributed by atoms with van der Waals surface area (Å²) >= 11 is 0. The van der Waals surface area contributed by atoms with Crippen molar-refractivity contribution < 1.29 is 24.2 Å². The maximum absolute atomic E-state index is 11.3. The molecule has 0 atom stereocenters. The van der Waals surface area contributed by atoms with Crippen LogP contribution in [0.25, 0.3) is 0 Å². The predicted molar refractivity (Wildman–Crippen MR) is 93.9 cm³/mol. The summed E-state index contributed by atoms with van der Waals surface area (Å²) in [5.74, 6) is -2.74. The first-order valence-electron chi connectivity index (χ1n) is 9.49. The molecule has 0 amide bonds. The smallest absolute Gasteiger partial charge is 0.374 e. The van der Waals surface area contributed by atoms with Gasteiger partial charge in [-0.05, 0) is 6.42 Å². The van der Waals surface area contributed by atoms with E-state index in [9.17, 15) is 14.4 Å². The van der Waals surface area contributed by atoms with Crippen LogP contribution >= 0.6 is 0 Å². The highest BCUT2D eigenvalue weighted by atomic mass is 16.5. The summed E-state index contributed by atoms with van der Waals surface area (Å²) in [5.41, 5.74) is 0. The van der Waals surface area contributed by atoms with Gasteiger partial charge in [0.1, 0.15) is 0 Å². The molecule has 0 heterocycles. The molecule has 0 bridgehead atoms. The molecule has 0 aromatic carbocycles. The largest absolute Gasteiger partial charge is 0.481 e. The molecule has 140 valence electrons. The van der Waals surface area contributed by atoms with Gasteiger partial charge in [0.05, 0.1) is 13.0 Å². The molecule has 24 heavy (non-hydrogen) atoms. The molecular formula is C19H34O5. The van der Waals surface area contributed by atoms with Crippen LogP contribution < -0.4 is 0 Å². The second kappa shape index (κ2) is 16.5. The molecule has 0 unspecified atom stereocenters. The summed E-state index contributed by atoms with van der Waals surface area (Å²) in [6.07, 6.45) is 14.1. The van der Waals surface area contributed by atoms with Crippen molar-refractivity contribution in [2.45, 2.75) is 96.8 Å². The van der Waals surface area contributed by atoms with Crippen LogP contribution in [0.4, 0.5) is 0 Å². The number of carbonyl (C=O) groups is 3. The van der Waals surface area contributed by atoms with Gasteiger partial charge in [-0.15, -0.1) is 0 Å². The first kappa shape index (κ1) is 22.6. The van der Waals surface area contributed by atoms with E-state index in [0.29, 0.717) is 0 Å². The second-order valence-electron chi connectivity index (χ2n) is 6.34. The van der Waals surface area contributed by atoms with Gasteiger partial charge >= 0.3 is 11.9 Å². The molecule has 0 aliphatic heterocycles. The lowest BCUT2D eigenvalue weighted by molar-refractivity contribution is -0.154. The minimum atomic E-state index is -1.09. The molecule has 0 radical (unpaired) electrons. The molecule has 0 aromatic heterocycles. The van der Waals surface area contributed by atoms with Crippen LogP contribution in [0.1, 0.15) is 96.8 Å². The van der Waals surface area contributed by atoms with Crippen LogP contribution in [0.3, 0.4) is 0 Å². The number of unbranched alkanes of at least 4 members (excludes halogenated alkanes) is 11. The Balaban J connectivity index is 3.28. The third-order valence-electron chi connectivity index (χ3n) is 4.02. The van der Waals surface area contributed by atoms with Gasteiger partial charge in [-0.2, -0.15) is 0 Å². The van der Waals surface area contributed by atoms with Crippen molar-refractivity contribution in [3.63, 3.8) is 0 Å². The van der Waals surface area contributed by atoms with Gasteiger partial charge in [-0.3, -0.25) is 9.59 Å². The van der Waals surface area contributed by atoms with E-state index in [1.807, 2.05) is 0 Å². The fraction of sp³-hybridized carbons (Fsp3) is 0.842. The van der Waals surface area contributed by atoms with E-state index in [0.717, 1.165) is 19.3 Å². The minimum Gasteiger partial charge on any atom is -0.481 e. The van der Waals surface area contributed by atoms with E-state index >= 15 is 0 Å². The second-order valence-corrected chi connectivity index (χ2v) is 6.34. The van der Waals surface area contributed by atoms with E-state index in [4.69, 9.17) is 9.84 Å². The van der Waals surface area contributed by atoms with Crippen LogP contribution in [-0.2, 0) is 19.1 Å². The van der Waals surface area contributed by atoms with Gasteiger partial charge in [0.25, 0.3) is 0 Å². The highest BCUT2D eigenvalue weighted by Gasteiger charge is 2.16. The van der Waals surface area contributed by atoms with E-state index < -0.39 is 17.7 Å². The number of esters is 1. The fourth-order valence-electron chi connectivity index (χ4n) is 2.51. The van der Waals surface area contributed by atoms with Gasteiger partial charge in [-0.25, -0.2) is 4.79 Å². The van der Waals surface area contributed by atoms with Crippen LogP contribution in [-0.4, -0.2) is 29.4 Å². The maximum Gasteiger partial charge on any atom is 0.374 e. The molecule has 0 spiro atoms. The molecule has 0 aromatic rings. The van der Waals surface area contributed by atoms with Crippen molar-refractivity contribution in [3.05, 3.63) is 0 Å². The Morgan fingerprint density at radius 1 is 0.708 bits per heavy atom. The first-order valence-corrected chi connectivity index (χ1v) is 9.49. The number of carboxylic acid groups (broad SMARTS) is 1. The van der Waals surface area contributed by atoms with E-state index in [2.05, 4.69) is 6.92 Å². The molecule has 0 aliphatic carbocycles. The normalized spacial score (nSPS) is 10.5. The standard InChI is InChI=1S/C19H34O5/c1-2-3-4-5-6-7-8-9-10-11-12-13-16-24-19(23)17(20)14-15-18(21)22/h2-16H2,1H3,(H,21,22). The Kier molecular flexibility index (Phi) is 15.5.